The van der Waals surface area contributed by atoms with Crippen LogP contribution in [0.5, 0.6) is 0 Å². The molecule has 0 spiro atoms. The number of rotatable bonds is 5. The Bertz CT molecular complexity index is 315. The molecule has 96 valence electrons. The Morgan fingerprint density at radius 1 is 1.38 bits per heavy atom. The van der Waals surface area contributed by atoms with E-state index in [4.69, 9.17) is 15.4 Å². The van der Waals surface area contributed by atoms with E-state index >= 15 is 0 Å². The molecule has 0 aliphatic heterocycles. The number of halogens is 1. The van der Waals surface area contributed by atoms with Crippen LogP contribution in [0.4, 0.5) is 0 Å². The predicted octanol–water partition coefficient (Wildman–Crippen LogP) is 2.79. The van der Waals surface area contributed by atoms with Gasteiger partial charge >= 0.3 is 0 Å². The minimum atomic E-state index is -3.45. The normalized spacial score (nSPS) is 20.5. The van der Waals surface area contributed by atoms with E-state index < -0.39 is 9.05 Å². The van der Waals surface area contributed by atoms with Gasteiger partial charge in [0, 0.05) is 16.6 Å². The van der Waals surface area contributed by atoms with Gasteiger partial charge in [-0.05, 0) is 24.7 Å². The van der Waals surface area contributed by atoms with Gasteiger partial charge in [-0.25, -0.2) is 8.42 Å². The van der Waals surface area contributed by atoms with Crippen LogP contribution in [0.25, 0.3) is 0 Å². The van der Waals surface area contributed by atoms with Gasteiger partial charge < -0.3 is 4.74 Å². The maximum atomic E-state index is 11.1. The monoisotopic (exact) mass is 268 g/mol. The summed E-state index contributed by atoms with van der Waals surface area (Å²) in [6.07, 6.45) is 3.76. The molecule has 1 saturated carbocycles. The average Bonchev–Trinajstić information content (AvgIpc) is 1.95. The van der Waals surface area contributed by atoms with E-state index in [1.165, 1.54) is 6.42 Å². The second-order valence-electron chi connectivity index (χ2n) is 5.65. The summed E-state index contributed by atoms with van der Waals surface area (Å²) in [5.41, 5.74) is -0.105. The average molecular weight is 269 g/mol. The van der Waals surface area contributed by atoms with Gasteiger partial charge in [-0.1, -0.05) is 20.8 Å². The molecule has 0 saturated heterocycles. The van der Waals surface area contributed by atoms with E-state index in [9.17, 15) is 8.42 Å². The van der Waals surface area contributed by atoms with Crippen molar-refractivity contribution in [3.05, 3.63) is 0 Å². The van der Waals surface area contributed by atoms with Gasteiger partial charge in [0.1, 0.15) is 0 Å². The predicted molar refractivity (Wildman–Crippen MR) is 66.2 cm³/mol. The van der Waals surface area contributed by atoms with E-state index in [0.717, 1.165) is 12.8 Å². The van der Waals surface area contributed by atoms with Crippen LogP contribution in [-0.2, 0) is 13.8 Å². The minimum Gasteiger partial charge on any atom is -0.378 e. The molecule has 1 aliphatic carbocycles. The third kappa shape index (κ3) is 5.02. The third-order valence-corrected chi connectivity index (χ3v) is 4.39. The van der Waals surface area contributed by atoms with Crippen molar-refractivity contribution in [1.29, 1.82) is 0 Å². The van der Waals surface area contributed by atoms with Crippen LogP contribution in [0.2, 0.25) is 0 Å². The maximum absolute atomic E-state index is 11.1. The highest BCUT2D eigenvalue weighted by Crippen LogP contribution is 2.30. The molecule has 1 unspecified atom stereocenters. The Balaban J connectivity index is 2.49. The zero-order valence-electron chi connectivity index (χ0n) is 10.2. The summed E-state index contributed by atoms with van der Waals surface area (Å²) in [5.74, 6) is -0.0549. The Hall–Kier alpha value is 0.200. The molecule has 0 heterocycles. The van der Waals surface area contributed by atoms with Crippen molar-refractivity contribution in [1.82, 2.24) is 0 Å². The van der Waals surface area contributed by atoms with E-state index in [-0.39, 0.29) is 17.1 Å². The maximum Gasteiger partial charge on any atom is 0.232 e. The molecule has 16 heavy (non-hydrogen) atoms. The lowest BCUT2D eigenvalue weighted by atomic mass is 9.82. The Labute approximate surface area is 103 Å². The van der Waals surface area contributed by atoms with Gasteiger partial charge in [-0.2, -0.15) is 0 Å². The van der Waals surface area contributed by atoms with E-state index in [1.54, 1.807) is 0 Å². The first-order valence-corrected chi connectivity index (χ1v) is 8.20. The molecule has 0 amide bonds. The van der Waals surface area contributed by atoms with Gasteiger partial charge in [0.25, 0.3) is 0 Å². The molecule has 5 heteroatoms. The van der Waals surface area contributed by atoms with Crippen molar-refractivity contribution >= 4 is 19.7 Å². The molecule has 1 rings (SSSR count). The molecular weight excluding hydrogens is 248 g/mol. The summed E-state index contributed by atoms with van der Waals surface area (Å²) < 4.78 is 27.9. The zero-order valence-corrected chi connectivity index (χ0v) is 11.8. The molecule has 1 atom stereocenters. The lowest BCUT2D eigenvalue weighted by molar-refractivity contribution is -0.0295. The minimum absolute atomic E-state index is 0.00915. The first-order valence-electron chi connectivity index (χ1n) is 5.72. The summed E-state index contributed by atoms with van der Waals surface area (Å²) >= 11 is 0. The Morgan fingerprint density at radius 2 is 1.94 bits per heavy atom. The first-order chi connectivity index (χ1) is 7.18. The summed E-state index contributed by atoms with van der Waals surface area (Å²) in [6, 6.07) is 0. The lowest BCUT2D eigenvalue weighted by Crippen LogP contribution is -2.34. The quantitative estimate of drug-likeness (QED) is 0.720. The molecule has 0 aromatic rings. The van der Waals surface area contributed by atoms with Gasteiger partial charge in [0.05, 0.1) is 18.5 Å². The topological polar surface area (TPSA) is 43.4 Å². The zero-order chi connectivity index (χ0) is 12.4. The van der Waals surface area contributed by atoms with Crippen molar-refractivity contribution in [2.24, 2.45) is 11.3 Å². The highest BCUT2D eigenvalue weighted by atomic mass is 35.7. The SMILES string of the molecule is CC(C)(C)C(COC1CCC1)CS(=O)(=O)Cl. The fraction of sp³-hybridized carbons (Fsp3) is 1.00. The smallest absolute Gasteiger partial charge is 0.232 e. The highest BCUT2D eigenvalue weighted by molar-refractivity contribution is 8.13. The third-order valence-electron chi connectivity index (χ3n) is 3.21. The molecule has 0 aromatic heterocycles. The van der Waals surface area contributed by atoms with Crippen LogP contribution >= 0.6 is 10.7 Å². The molecular formula is C11H21ClO3S. The van der Waals surface area contributed by atoms with Crippen molar-refractivity contribution in [3.63, 3.8) is 0 Å². The van der Waals surface area contributed by atoms with Crippen molar-refractivity contribution in [2.45, 2.75) is 46.1 Å². The van der Waals surface area contributed by atoms with Crippen LogP contribution in [-0.4, -0.2) is 26.9 Å². The fourth-order valence-corrected chi connectivity index (χ4v) is 3.11. The van der Waals surface area contributed by atoms with Crippen LogP contribution in [0.1, 0.15) is 40.0 Å². The standard InChI is InChI=1S/C11H21ClO3S/c1-11(2,3)9(8-16(12,13)14)7-15-10-5-4-6-10/h9-10H,4-8H2,1-3H3. The summed E-state index contributed by atoms with van der Waals surface area (Å²) in [4.78, 5) is 0. The second-order valence-corrected chi connectivity index (χ2v) is 8.48. The Kier molecular flexibility index (Phi) is 4.66. The molecule has 1 aliphatic rings. The number of hydrogen-bond donors (Lipinski definition) is 0. The number of ether oxygens (including phenoxy) is 1. The summed E-state index contributed by atoms with van der Waals surface area (Å²) in [7, 11) is 1.86. The Morgan fingerprint density at radius 3 is 2.25 bits per heavy atom. The van der Waals surface area contributed by atoms with Crippen molar-refractivity contribution < 1.29 is 13.2 Å². The molecule has 0 N–H and O–H groups in total. The van der Waals surface area contributed by atoms with E-state index in [1.807, 2.05) is 20.8 Å². The molecule has 0 bridgehead atoms. The molecule has 1 fully saturated rings. The summed E-state index contributed by atoms with van der Waals surface area (Å²) in [6.45, 7) is 6.54. The molecule has 0 radical (unpaired) electrons. The van der Waals surface area contributed by atoms with Gasteiger partial charge in [-0.3, -0.25) is 0 Å². The van der Waals surface area contributed by atoms with E-state index in [2.05, 4.69) is 0 Å². The highest BCUT2D eigenvalue weighted by Gasteiger charge is 2.30. The van der Waals surface area contributed by atoms with Crippen molar-refractivity contribution in [2.75, 3.05) is 12.4 Å². The van der Waals surface area contributed by atoms with Crippen molar-refractivity contribution in [3.8, 4) is 0 Å². The largest absolute Gasteiger partial charge is 0.378 e. The van der Waals surface area contributed by atoms with Gasteiger partial charge in [-0.15, -0.1) is 0 Å². The lowest BCUT2D eigenvalue weighted by Gasteiger charge is -2.33. The van der Waals surface area contributed by atoms with Crippen LogP contribution in [0.3, 0.4) is 0 Å². The van der Waals surface area contributed by atoms with Gasteiger partial charge in [0.2, 0.25) is 9.05 Å². The first kappa shape index (κ1) is 14.3. The fourth-order valence-electron chi connectivity index (χ4n) is 1.58. The molecule has 0 aromatic carbocycles. The van der Waals surface area contributed by atoms with Crippen LogP contribution < -0.4 is 0 Å². The molecule has 3 nitrogen and oxygen atoms in total. The number of hydrogen-bond acceptors (Lipinski definition) is 3. The summed E-state index contributed by atoms with van der Waals surface area (Å²) in [5, 5.41) is 0. The van der Waals surface area contributed by atoms with E-state index in [0.29, 0.717) is 12.7 Å². The second kappa shape index (κ2) is 5.23. The van der Waals surface area contributed by atoms with Crippen LogP contribution in [0, 0.1) is 11.3 Å². The van der Waals surface area contributed by atoms with Gasteiger partial charge in [0.15, 0.2) is 0 Å². The van der Waals surface area contributed by atoms with Crippen LogP contribution in [0.15, 0.2) is 0 Å².